The number of benzene rings is 4. The highest BCUT2D eigenvalue weighted by atomic mass is 16.5. The molecule has 5 nitrogen and oxygen atoms in total. The normalized spacial score (nSPS) is 11.3. The van der Waals surface area contributed by atoms with E-state index in [-0.39, 0.29) is 5.78 Å². The van der Waals surface area contributed by atoms with Gasteiger partial charge in [0.1, 0.15) is 28.4 Å². The summed E-state index contributed by atoms with van der Waals surface area (Å²) in [4.78, 5) is 26.1. The highest BCUT2D eigenvalue weighted by Crippen LogP contribution is 2.36. The zero-order chi connectivity index (χ0) is 27.4. The molecule has 0 aliphatic heterocycles. The van der Waals surface area contributed by atoms with Crippen LogP contribution in [0.25, 0.3) is 28.4 Å². The molecule has 0 unspecified atom stereocenters. The van der Waals surface area contributed by atoms with Crippen molar-refractivity contribution in [3.8, 4) is 22.8 Å². The third kappa shape index (κ3) is 5.68. The SMILES string of the molecule is COc1ccc2oc(-c3ccccc3)c(C(=O)Oc3ccc(C(=O)/C=C/c4ccc(C(C)C)cc4)cc3)c2c1. The number of furan rings is 1. The molecule has 1 aromatic heterocycles. The van der Waals surface area contributed by atoms with Gasteiger partial charge in [0.25, 0.3) is 0 Å². The van der Waals surface area contributed by atoms with Gasteiger partial charge in [0.2, 0.25) is 0 Å². The lowest BCUT2D eigenvalue weighted by molar-refractivity contribution is 0.0737. The molecule has 1 heterocycles. The number of rotatable bonds is 8. The van der Waals surface area contributed by atoms with Crippen LogP contribution in [0.1, 0.15) is 51.6 Å². The number of hydrogen-bond acceptors (Lipinski definition) is 5. The van der Waals surface area contributed by atoms with Gasteiger partial charge in [-0.25, -0.2) is 4.79 Å². The molecule has 0 aliphatic carbocycles. The summed E-state index contributed by atoms with van der Waals surface area (Å²) in [5.41, 5.74) is 4.31. The number of hydrogen-bond donors (Lipinski definition) is 0. The number of methoxy groups -OCH3 is 1. The summed E-state index contributed by atoms with van der Waals surface area (Å²) in [6.45, 7) is 4.29. The van der Waals surface area contributed by atoms with Crippen LogP contribution in [0.2, 0.25) is 0 Å². The highest BCUT2D eigenvalue weighted by Gasteiger charge is 2.24. The lowest BCUT2D eigenvalue weighted by atomic mass is 10.0. The van der Waals surface area contributed by atoms with Crippen molar-refractivity contribution < 1.29 is 23.5 Å². The molecule has 194 valence electrons. The van der Waals surface area contributed by atoms with Crippen molar-refractivity contribution in [3.63, 3.8) is 0 Å². The van der Waals surface area contributed by atoms with Crippen LogP contribution in [0.4, 0.5) is 0 Å². The molecule has 0 aliphatic rings. The van der Waals surface area contributed by atoms with Crippen LogP contribution >= 0.6 is 0 Å². The van der Waals surface area contributed by atoms with E-state index in [1.807, 2.05) is 42.5 Å². The predicted molar refractivity (Wildman–Crippen MR) is 153 cm³/mol. The third-order valence-corrected chi connectivity index (χ3v) is 6.51. The number of allylic oxidation sites excluding steroid dienone is 1. The first kappa shape index (κ1) is 25.7. The lowest BCUT2D eigenvalue weighted by Crippen LogP contribution is -2.09. The number of fused-ring (bicyclic) bond motifs is 1. The number of ether oxygens (including phenoxy) is 2. The summed E-state index contributed by atoms with van der Waals surface area (Å²) >= 11 is 0. The second-order valence-corrected chi connectivity index (χ2v) is 9.47. The molecule has 39 heavy (non-hydrogen) atoms. The van der Waals surface area contributed by atoms with Crippen molar-refractivity contribution in [1.82, 2.24) is 0 Å². The van der Waals surface area contributed by atoms with Crippen molar-refractivity contribution in [3.05, 3.63) is 125 Å². The van der Waals surface area contributed by atoms with Crippen LogP contribution in [0, 0.1) is 0 Å². The van der Waals surface area contributed by atoms with Gasteiger partial charge >= 0.3 is 5.97 Å². The first-order valence-electron chi connectivity index (χ1n) is 12.7. The molecule has 5 aromatic rings. The van der Waals surface area contributed by atoms with Crippen molar-refractivity contribution in [2.24, 2.45) is 0 Å². The molecular weight excluding hydrogens is 488 g/mol. The summed E-state index contributed by atoms with van der Waals surface area (Å²) in [5, 5.41) is 0.594. The van der Waals surface area contributed by atoms with Crippen molar-refractivity contribution in [1.29, 1.82) is 0 Å². The minimum atomic E-state index is -0.565. The maximum atomic E-state index is 13.4. The summed E-state index contributed by atoms with van der Waals surface area (Å²) in [6, 6.07) is 29.4. The fourth-order valence-electron chi connectivity index (χ4n) is 4.30. The number of carbonyl (C=O) groups excluding carboxylic acids is 2. The monoisotopic (exact) mass is 516 g/mol. The standard InChI is InChI=1S/C34H28O5/c1-22(2)24-12-9-23(10-13-24)11-19-30(35)25-14-16-27(17-15-25)38-34(36)32-29-21-28(37-3)18-20-31(29)39-33(32)26-7-5-4-6-8-26/h4-22H,1-3H3/b19-11+. The zero-order valence-electron chi connectivity index (χ0n) is 22.0. The summed E-state index contributed by atoms with van der Waals surface area (Å²) in [6.07, 6.45) is 3.34. The Kier molecular flexibility index (Phi) is 7.41. The van der Waals surface area contributed by atoms with Gasteiger partial charge in [0.05, 0.1) is 7.11 Å². The number of carbonyl (C=O) groups is 2. The largest absolute Gasteiger partial charge is 0.497 e. The molecule has 0 radical (unpaired) electrons. The smallest absolute Gasteiger partial charge is 0.348 e. The van der Waals surface area contributed by atoms with Crippen LogP contribution in [0.15, 0.2) is 108 Å². The Bertz CT molecular complexity index is 1640. The van der Waals surface area contributed by atoms with E-state index in [1.165, 1.54) is 5.56 Å². The van der Waals surface area contributed by atoms with Crippen LogP contribution in [-0.4, -0.2) is 18.9 Å². The Morgan fingerprint density at radius 3 is 2.18 bits per heavy atom. The van der Waals surface area contributed by atoms with Crippen LogP contribution < -0.4 is 9.47 Å². The fourth-order valence-corrected chi connectivity index (χ4v) is 4.30. The molecule has 0 fully saturated rings. The van der Waals surface area contributed by atoms with Gasteiger partial charge in [-0.2, -0.15) is 0 Å². The first-order valence-corrected chi connectivity index (χ1v) is 12.7. The van der Waals surface area contributed by atoms with Crippen molar-refractivity contribution in [2.45, 2.75) is 19.8 Å². The molecule has 0 saturated heterocycles. The Morgan fingerprint density at radius 1 is 0.821 bits per heavy atom. The molecule has 5 rings (SSSR count). The van der Waals surface area contributed by atoms with Gasteiger partial charge in [-0.3, -0.25) is 4.79 Å². The Balaban J connectivity index is 1.36. The van der Waals surface area contributed by atoms with Gasteiger partial charge in [-0.1, -0.05) is 74.5 Å². The predicted octanol–water partition coefficient (Wildman–Crippen LogP) is 8.35. The molecule has 0 saturated carbocycles. The summed E-state index contributed by atoms with van der Waals surface area (Å²) in [7, 11) is 1.57. The zero-order valence-corrected chi connectivity index (χ0v) is 22.0. The maximum absolute atomic E-state index is 13.4. The van der Waals surface area contributed by atoms with E-state index in [0.29, 0.717) is 45.3 Å². The molecule has 0 atom stereocenters. The van der Waals surface area contributed by atoms with Gasteiger partial charge in [-0.15, -0.1) is 0 Å². The van der Waals surface area contributed by atoms with Gasteiger partial charge in [-0.05, 0) is 65.6 Å². The van der Waals surface area contributed by atoms with Gasteiger partial charge in [0.15, 0.2) is 5.78 Å². The Hall–Kier alpha value is -4.90. The number of esters is 1. The average molecular weight is 517 g/mol. The van der Waals surface area contributed by atoms with Gasteiger partial charge in [0, 0.05) is 16.5 Å². The topological polar surface area (TPSA) is 65.7 Å². The number of ketones is 1. The molecule has 0 spiro atoms. The van der Waals surface area contributed by atoms with Gasteiger partial charge < -0.3 is 13.9 Å². The fraction of sp³-hybridized carbons (Fsp3) is 0.118. The lowest BCUT2D eigenvalue weighted by Gasteiger charge is -2.07. The van der Waals surface area contributed by atoms with E-state index in [2.05, 4.69) is 26.0 Å². The summed E-state index contributed by atoms with van der Waals surface area (Å²) < 4.78 is 17.2. The molecular formula is C34H28O5. The average Bonchev–Trinajstić information content (AvgIpc) is 3.36. The molecule has 0 N–H and O–H groups in total. The Labute approximate surface area is 227 Å². The van der Waals surface area contributed by atoms with Crippen LogP contribution in [-0.2, 0) is 0 Å². The van der Waals surface area contributed by atoms with E-state index in [4.69, 9.17) is 13.9 Å². The maximum Gasteiger partial charge on any atom is 0.348 e. The minimum absolute atomic E-state index is 0.139. The molecule has 0 bridgehead atoms. The second kappa shape index (κ2) is 11.2. The minimum Gasteiger partial charge on any atom is -0.497 e. The van der Waals surface area contributed by atoms with Crippen LogP contribution in [0.3, 0.4) is 0 Å². The van der Waals surface area contributed by atoms with Crippen molar-refractivity contribution >= 4 is 28.8 Å². The van der Waals surface area contributed by atoms with E-state index >= 15 is 0 Å². The van der Waals surface area contributed by atoms with E-state index in [0.717, 1.165) is 11.1 Å². The van der Waals surface area contributed by atoms with E-state index in [1.54, 1.807) is 61.7 Å². The highest BCUT2D eigenvalue weighted by molar-refractivity contribution is 6.10. The second-order valence-electron chi connectivity index (χ2n) is 9.47. The Morgan fingerprint density at radius 2 is 1.51 bits per heavy atom. The van der Waals surface area contributed by atoms with Crippen molar-refractivity contribution in [2.75, 3.05) is 7.11 Å². The summed E-state index contributed by atoms with van der Waals surface area (Å²) in [5.74, 6) is 1.09. The third-order valence-electron chi connectivity index (χ3n) is 6.51. The molecule has 0 amide bonds. The molecule has 5 heteroatoms. The van der Waals surface area contributed by atoms with Crippen LogP contribution in [0.5, 0.6) is 11.5 Å². The first-order chi connectivity index (χ1) is 18.9. The van der Waals surface area contributed by atoms with E-state index in [9.17, 15) is 9.59 Å². The van der Waals surface area contributed by atoms with E-state index < -0.39 is 5.97 Å². The molecule has 4 aromatic carbocycles. The quantitative estimate of drug-likeness (QED) is 0.0897.